The number of hydrogen-bond acceptors (Lipinski definition) is 3. The zero-order valence-electron chi connectivity index (χ0n) is 11.8. The molecule has 2 aromatic carbocycles. The smallest absolute Gasteiger partial charge is 0.0959 e. The molecule has 0 fully saturated rings. The third kappa shape index (κ3) is 3.12. The number of fused-ring (bicyclic) bond motifs is 1. The highest BCUT2D eigenvalue weighted by Crippen LogP contribution is 2.13. The van der Waals surface area contributed by atoms with Crippen LogP contribution in [0, 0.1) is 0 Å². The second-order valence-corrected chi connectivity index (χ2v) is 5.31. The molecule has 0 spiro atoms. The number of imidazole rings is 1. The minimum Gasteiger partial charge on any atom is -0.390 e. The number of aromatic nitrogens is 2. The molecule has 0 radical (unpaired) electrons. The molecule has 0 bridgehead atoms. The van der Waals surface area contributed by atoms with Gasteiger partial charge < -0.3 is 15.4 Å². The van der Waals surface area contributed by atoms with Crippen LogP contribution in [0.4, 0.5) is 0 Å². The molecule has 3 aromatic rings. The number of nitrogens with zero attached hydrogens (tertiary/aromatic N) is 2. The lowest BCUT2D eigenvalue weighted by Gasteiger charge is -2.19. The number of aliphatic hydroxyl groups excluding tert-OH is 1. The van der Waals surface area contributed by atoms with Gasteiger partial charge in [-0.25, -0.2) is 4.98 Å². The van der Waals surface area contributed by atoms with E-state index in [0.717, 1.165) is 16.6 Å². The second-order valence-electron chi connectivity index (χ2n) is 5.31. The first kappa shape index (κ1) is 13.8. The molecule has 4 nitrogen and oxygen atoms in total. The van der Waals surface area contributed by atoms with Gasteiger partial charge >= 0.3 is 0 Å². The van der Waals surface area contributed by atoms with Crippen LogP contribution in [0.1, 0.15) is 5.56 Å². The van der Waals surface area contributed by atoms with Crippen molar-refractivity contribution in [3.63, 3.8) is 0 Å². The highest BCUT2D eigenvalue weighted by atomic mass is 16.3. The van der Waals surface area contributed by atoms with Gasteiger partial charge in [0.05, 0.1) is 30.0 Å². The predicted octanol–water partition coefficient (Wildman–Crippen LogP) is 1.97. The largest absolute Gasteiger partial charge is 0.390 e. The first-order valence-electron chi connectivity index (χ1n) is 7.11. The number of aliphatic hydroxyl groups is 1. The summed E-state index contributed by atoms with van der Waals surface area (Å²) in [6.45, 7) is 0.453. The lowest BCUT2D eigenvalue weighted by molar-refractivity contribution is 0.126. The summed E-state index contributed by atoms with van der Waals surface area (Å²) in [6.07, 6.45) is 1.81. The van der Waals surface area contributed by atoms with E-state index in [4.69, 9.17) is 5.73 Å². The van der Waals surface area contributed by atoms with Crippen LogP contribution < -0.4 is 5.73 Å². The highest BCUT2D eigenvalue weighted by Gasteiger charge is 2.16. The van der Waals surface area contributed by atoms with Gasteiger partial charge in [-0.1, -0.05) is 42.5 Å². The molecule has 4 heteroatoms. The van der Waals surface area contributed by atoms with Crippen molar-refractivity contribution in [2.45, 2.75) is 25.1 Å². The lowest BCUT2D eigenvalue weighted by Crippen LogP contribution is -2.39. The maximum absolute atomic E-state index is 10.3. The summed E-state index contributed by atoms with van der Waals surface area (Å²) in [4.78, 5) is 4.33. The Kier molecular flexibility index (Phi) is 3.99. The summed E-state index contributed by atoms with van der Waals surface area (Å²) in [5, 5.41) is 10.3. The summed E-state index contributed by atoms with van der Waals surface area (Å²) < 4.78 is 1.95. The minimum atomic E-state index is -0.609. The zero-order chi connectivity index (χ0) is 14.7. The van der Waals surface area contributed by atoms with E-state index in [1.807, 2.05) is 59.2 Å². The van der Waals surface area contributed by atoms with Crippen molar-refractivity contribution in [1.82, 2.24) is 9.55 Å². The number of benzene rings is 2. The van der Waals surface area contributed by atoms with Crippen LogP contribution in [0.5, 0.6) is 0 Å². The molecule has 3 rings (SSSR count). The quantitative estimate of drug-likeness (QED) is 0.751. The molecule has 1 heterocycles. The average Bonchev–Trinajstić information content (AvgIpc) is 2.91. The van der Waals surface area contributed by atoms with Gasteiger partial charge in [-0.3, -0.25) is 0 Å². The lowest BCUT2D eigenvalue weighted by atomic mass is 10.0. The van der Waals surface area contributed by atoms with Crippen LogP contribution in [-0.4, -0.2) is 26.8 Å². The summed E-state index contributed by atoms with van der Waals surface area (Å²) in [5.41, 5.74) is 9.21. The summed E-state index contributed by atoms with van der Waals surface area (Å²) >= 11 is 0. The molecule has 0 saturated heterocycles. The van der Waals surface area contributed by atoms with Crippen LogP contribution in [0.2, 0.25) is 0 Å². The van der Waals surface area contributed by atoms with E-state index in [0.29, 0.717) is 13.0 Å². The standard InChI is InChI=1S/C17H19N3O/c18-14(10-13-6-2-1-3-7-13)17(21)11-20-12-19-15-8-4-5-9-16(15)20/h1-9,12,14,17,21H,10-11,18H2/t14-,17+/m1/s1. The summed E-state index contributed by atoms with van der Waals surface area (Å²) in [6, 6.07) is 17.6. The van der Waals surface area contributed by atoms with E-state index in [9.17, 15) is 5.11 Å². The van der Waals surface area contributed by atoms with E-state index >= 15 is 0 Å². The number of para-hydroxylation sites is 2. The molecule has 108 valence electrons. The molecule has 1 aromatic heterocycles. The first-order valence-corrected chi connectivity index (χ1v) is 7.11. The number of rotatable bonds is 5. The van der Waals surface area contributed by atoms with Crippen LogP contribution in [0.25, 0.3) is 11.0 Å². The van der Waals surface area contributed by atoms with Crippen LogP contribution in [-0.2, 0) is 13.0 Å². The van der Waals surface area contributed by atoms with Crippen LogP contribution in [0.3, 0.4) is 0 Å². The van der Waals surface area contributed by atoms with Gasteiger partial charge in [0, 0.05) is 6.04 Å². The summed E-state index contributed by atoms with van der Waals surface area (Å²) in [5.74, 6) is 0. The maximum atomic E-state index is 10.3. The predicted molar refractivity (Wildman–Crippen MR) is 83.9 cm³/mol. The van der Waals surface area contributed by atoms with Crippen LogP contribution in [0.15, 0.2) is 60.9 Å². The SMILES string of the molecule is N[C@H](Cc1ccccc1)[C@@H](O)Cn1cnc2ccccc21. The Morgan fingerprint density at radius 2 is 1.76 bits per heavy atom. The van der Waals surface area contributed by atoms with Gasteiger partial charge in [-0.15, -0.1) is 0 Å². The Morgan fingerprint density at radius 3 is 2.57 bits per heavy atom. The van der Waals surface area contributed by atoms with E-state index in [-0.39, 0.29) is 6.04 Å². The maximum Gasteiger partial charge on any atom is 0.0959 e. The Bertz CT molecular complexity index is 708. The Balaban J connectivity index is 1.69. The molecule has 0 aliphatic heterocycles. The minimum absolute atomic E-state index is 0.298. The Morgan fingerprint density at radius 1 is 1.05 bits per heavy atom. The number of nitrogens with two attached hydrogens (primary N) is 1. The third-order valence-corrected chi connectivity index (χ3v) is 3.72. The number of hydrogen-bond donors (Lipinski definition) is 2. The van der Waals surface area contributed by atoms with E-state index in [1.165, 1.54) is 0 Å². The summed E-state index contributed by atoms with van der Waals surface area (Å²) in [7, 11) is 0. The molecule has 0 aliphatic rings. The van der Waals surface area contributed by atoms with Crippen molar-refractivity contribution < 1.29 is 5.11 Å². The first-order chi connectivity index (χ1) is 10.2. The van der Waals surface area contributed by atoms with Gasteiger partial charge in [0.25, 0.3) is 0 Å². The Hall–Kier alpha value is -2.17. The topological polar surface area (TPSA) is 64.1 Å². The molecule has 21 heavy (non-hydrogen) atoms. The van der Waals surface area contributed by atoms with Crippen molar-refractivity contribution in [2.24, 2.45) is 5.73 Å². The molecule has 2 atom stereocenters. The van der Waals surface area contributed by atoms with Gasteiger partial charge in [0.15, 0.2) is 0 Å². The molecule has 3 N–H and O–H groups in total. The van der Waals surface area contributed by atoms with Gasteiger partial charge in [0.2, 0.25) is 0 Å². The van der Waals surface area contributed by atoms with E-state index < -0.39 is 6.10 Å². The molecule has 0 aliphatic carbocycles. The fourth-order valence-corrected chi connectivity index (χ4v) is 2.52. The molecular weight excluding hydrogens is 262 g/mol. The van der Waals surface area contributed by atoms with Crippen molar-refractivity contribution in [3.05, 3.63) is 66.5 Å². The fraction of sp³-hybridized carbons (Fsp3) is 0.235. The van der Waals surface area contributed by atoms with Crippen molar-refractivity contribution in [1.29, 1.82) is 0 Å². The highest BCUT2D eigenvalue weighted by molar-refractivity contribution is 5.74. The van der Waals surface area contributed by atoms with Crippen molar-refractivity contribution in [2.75, 3.05) is 0 Å². The zero-order valence-corrected chi connectivity index (χ0v) is 11.8. The molecular formula is C17H19N3O. The van der Waals surface area contributed by atoms with E-state index in [2.05, 4.69) is 4.98 Å². The normalized spacial score (nSPS) is 14.2. The van der Waals surface area contributed by atoms with Crippen molar-refractivity contribution >= 4 is 11.0 Å². The van der Waals surface area contributed by atoms with Gasteiger partial charge in [-0.2, -0.15) is 0 Å². The van der Waals surface area contributed by atoms with Gasteiger partial charge in [-0.05, 0) is 24.1 Å². The van der Waals surface area contributed by atoms with E-state index in [1.54, 1.807) is 6.33 Å². The fourth-order valence-electron chi connectivity index (χ4n) is 2.52. The third-order valence-electron chi connectivity index (χ3n) is 3.72. The monoisotopic (exact) mass is 281 g/mol. The molecule has 0 amide bonds. The van der Waals surface area contributed by atoms with Crippen molar-refractivity contribution in [3.8, 4) is 0 Å². The second kappa shape index (κ2) is 6.08. The molecule has 0 saturated carbocycles. The average molecular weight is 281 g/mol. The Labute approximate surface area is 123 Å². The molecule has 0 unspecified atom stereocenters. The van der Waals surface area contributed by atoms with Gasteiger partial charge in [0.1, 0.15) is 0 Å². The van der Waals surface area contributed by atoms with Crippen LogP contribution >= 0.6 is 0 Å².